The van der Waals surface area contributed by atoms with E-state index < -0.39 is 6.67 Å². The molecular formula is C13H18FNO. The summed E-state index contributed by atoms with van der Waals surface area (Å²) >= 11 is 0. The van der Waals surface area contributed by atoms with Crippen molar-refractivity contribution in [2.24, 2.45) is 0 Å². The first-order chi connectivity index (χ1) is 7.81. The van der Waals surface area contributed by atoms with Gasteiger partial charge in [-0.25, -0.2) is 4.39 Å². The fourth-order valence-corrected chi connectivity index (χ4v) is 1.74. The van der Waals surface area contributed by atoms with Crippen LogP contribution in [0.1, 0.15) is 24.0 Å². The molecule has 1 saturated carbocycles. The highest BCUT2D eigenvalue weighted by Gasteiger charge is 2.20. The highest BCUT2D eigenvalue weighted by atomic mass is 19.1. The summed E-state index contributed by atoms with van der Waals surface area (Å²) in [5, 5.41) is 3.44. The average Bonchev–Trinajstić information content (AvgIpc) is 3.09. The van der Waals surface area contributed by atoms with Crippen molar-refractivity contribution < 1.29 is 9.13 Å². The lowest BCUT2D eigenvalue weighted by Gasteiger charge is -2.13. The van der Waals surface area contributed by atoms with Crippen LogP contribution in [0.25, 0.3) is 0 Å². The van der Waals surface area contributed by atoms with Crippen molar-refractivity contribution in [3.8, 4) is 5.75 Å². The second kappa shape index (κ2) is 5.30. The second-order valence-corrected chi connectivity index (χ2v) is 4.26. The predicted octanol–water partition coefficient (Wildman–Crippen LogP) is 2.60. The molecule has 1 N–H and O–H groups in total. The molecule has 0 atom stereocenters. The zero-order valence-electron chi connectivity index (χ0n) is 9.63. The van der Waals surface area contributed by atoms with E-state index >= 15 is 0 Å². The van der Waals surface area contributed by atoms with E-state index in [2.05, 4.69) is 5.32 Å². The molecule has 0 saturated heterocycles. The lowest BCUT2D eigenvalue weighted by molar-refractivity contribution is 0.269. The highest BCUT2D eigenvalue weighted by Crippen LogP contribution is 2.25. The number of ether oxygens (including phenoxy) is 1. The Labute approximate surface area is 95.8 Å². The first-order valence-corrected chi connectivity index (χ1v) is 5.82. The van der Waals surface area contributed by atoms with Crippen LogP contribution in [0.2, 0.25) is 0 Å². The molecule has 0 aliphatic heterocycles. The summed E-state index contributed by atoms with van der Waals surface area (Å²) in [5.41, 5.74) is 2.20. The first kappa shape index (κ1) is 11.4. The van der Waals surface area contributed by atoms with Crippen LogP contribution in [0.3, 0.4) is 0 Å². The van der Waals surface area contributed by atoms with E-state index in [-0.39, 0.29) is 6.61 Å². The molecule has 3 heteroatoms. The molecule has 88 valence electrons. The van der Waals surface area contributed by atoms with E-state index in [0.717, 1.165) is 23.4 Å². The molecule has 1 aromatic rings. The van der Waals surface area contributed by atoms with Crippen molar-refractivity contribution in [3.05, 3.63) is 29.3 Å². The normalized spacial score (nSPS) is 15.1. The van der Waals surface area contributed by atoms with E-state index in [1.165, 1.54) is 12.8 Å². The van der Waals surface area contributed by atoms with Crippen molar-refractivity contribution >= 4 is 0 Å². The van der Waals surface area contributed by atoms with Crippen LogP contribution in [-0.2, 0) is 6.54 Å². The molecule has 0 amide bonds. The summed E-state index contributed by atoms with van der Waals surface area (Å²) in [6.45, 7) is 2.51. The van der Waals surface area contributed by atoms with Crippen LogP contribution in [0.15, 0.2) is 18.2 Å². The van der Waals surface area contributed by atoms with Gasteiger partial charge in [-0.2, -0.15) is 0 Å². The van der Waals surface area contributed by atoms with Crippen molar-refractivity contribution in [1.29, 1.82) is 0 Å². The standard InChI is InChI=1S/C13H18FNO/c1-10-3-2-4-11(9-15-12-5-6-12)13(10)16-8-7-14/h2-4,12,15H,5-9H2,1H3. The van der Waals surface area contributed by atoms with Crippen molar-refractivity contribution in [3.63, 3.8) is 0 Å². The minimum absolute atomic E-state index is 0.140. The maximum atomic E-state index is 12.1. The summed E-state index contributed by atoms with van der Waals surface area (Å²) in [6, 6.07) is 6.72. The van der Waals surface area contributed by atoms with Gasteiger partial charge in [-0.05, 0) is 25.3 Å². The number of rotatable bonds is 6. The number of benzene rings is 1. The fraction of sp³-hybridized carbons (Fsp3) is 0.538. The summed E-state index contributed by atoms with van der Waals surface area (Å²) in [5.74, 6) is 0.841. The van der Waals surface area contributed by atoms with Gasteiger partial charge < -0.3 is 10.1 Å². The highest BCUT2D eigenvalue weighted by molar-refractivity contribution is 5.40. The van der Waals surface area contributed by atoms with Gasteiger partial charge in [0.15, 0.2) is 0 Å². The first-order valence-electron chi connectivity index (χ1n) is 5.82. The van der Waals surface area contributed by atoms with E-state index in [1.807, 2.05) is 25.1 Å². The molecule has 0 unspecified atom stereocenters. The summed E-state index contributed by atoms with van der Waals surface area (Å²) in [6.07, 6.45) is 2.54. The van der Waals surface area contributed by atoms with Crippen LogP contribution >= 0.6 is 0 Å². The lowest BCUT2D eigenvalue weighted by Crippen LogP contribution is -2.16. The summed E-state index contributed by atoms with van der Waals surface area (Å²) < 4.78 is 17.6. The monoisotopic (exact) mass is 223 g/mol. The van der Waals surface area contributed by atoms with E-state index in [1.54, 1.807) is 0 Å². The average molecular weight is 223 g/mol. The number of halogens is 1. The van der Waals surface area contributed by atoms with E-state index in [4.69, 9.17) is 4.74 Å². The molecular weight excluding hydrogens is 205 g/mol. The van der Waals surface area contributed by atoms with E-state index in [0.29, 0.717) is 6.04 Å². The minimum Gasteiger partial charge on any atom is -0.490 e. The molecule has 0 aromatic heterocycles. The smallest absolute Gasteiger partial charge is 0.126 e. The SMILES string of the molecule is Cc1cccc(CNC2CC2)c1OCCF. The van der Waals surface area contributed by atoms with Crippen molar-refractivity contribution in [2.45, 2.75) is 32.4 Å². The van der Waals surface area contributed by atoms with Crippen LogP contribution in [0.5, 0.6) is 5.75 Å². The Morgan fingerprint density at radius 3 is 2.94 bits per heavy atom. The maximum Gasteiger partial charge on any atom is 0.126 e. The van der Waals surface area contributed by atoms with Crippen molar-refractivity contribution in [2.75, 3.05) is 13.3 Å². The van der Waals surface area contributed by atoms with E-state index in [9.17, 15) is 4.39 Å². The molecule has 2 rings (SSSR count). The second-order valence-electron chi connectivity index (χ2n) is 4.26. The molecule has 0 heterocycles. The molecule has 0 spiro atoms. The molecule has 0 bridgehead atoms. The predicted molar refractivity (Wildman–Crippen MR) is 62.5 cm³/mol. The number of aryl methyl sites for hydroxylation is 1. The third kappa shape index (κ3) is 2.95. The van der Waals surface area contributed by atoms with Gasteiger partial charge in [0.05, 0.1) is 0 Å². The van der Waals surface area contributed by atoms with Gasteiger partial charge in [0.1, 0.15) is 19.0 Å². The summed E-state index contributed by atoms with van der Waals surface area (Å²) in [4.78, 5) is 0. The molecule has 1 aliphatic carbocycles. The molecule has 1 aliphatic rings. The fourth-order valence-electron chi connectivity index (χ4n) is 1.74. The lowest BCUT2D eigenvalue weighted by atomic mass is 10.1. The Balaban J connectivity index is 2.04. The molecule has 1 fully saturated rings. The van der Waals surface area contributed by atoms with Gasteiger partial charge in [0, 0.05) is 18.2 Å². The largest absolute Gasteiger partial charge is 0.490 e. The number of para-hydroxylation sites is 1. The third-order valence-corrected chi connectivity index (χ3v) is 2.78. The number of hydrogen-bond acceptors (Lipinski definition) is 2. The Hall–Kier alpha value is -1.09. The molecule has 0 radical (unpaired) electrons. The minimum atomic E-state index is -0.441. The van der Waals surface area contributed by atoms with Gasteiger partial charge in [0.25, 0.3) is 0 Å². The van der Waals surface area contributed by atoms with Crippen LogP contribution < -0.4 is 10.1 Å². The van der Waals surface area contributed by atoms with Crippen molar-refractivity contribution in [1.82, 2.24) is 5.32 Å². The van der Waals surface area contributed by atoms with Crippen LogP contribution in [-0.4, -0.2) is 19.3 Å². The van der Waals surface area contributed by atoms with Gasteiger partial charge >= 0.3 is 0 Å². The third-order valence-electron chi connectivity index (χ3n) is 2.78. The number of alkyl halides is 1. The Morgan fingerprint density at radius 2 is 2.25 bits per heavy atom. The topological polar surface area (TPSA) is 21.3 Å². The molecule has 16 heavy (non-hydrogen) atoms. The number of hydrogen-bond donors (Lipinski definition) is 1. The van der Waals surface area contributed by atoms with Gasteiger partial charge in [-0.15, -0.1) is 0 Å². The quantitative estimate of drug-likeness (QED) is 0.800. The van der Waals surface area contributed by atoms with Crippen LogP contribution in [0.4, 0.5) is 4.39 Å². The Bertz CT molecular complexity index is 350. The zero-order chi connectivity index (χ0) is 11.4. The molecule has 1 aromatic carbocycles. The Morgan fingerprint density at radius 1 is 1.44 bits per heavy atom. The van der Waals surface area contributed by atoms with Gasteiger partial charge in [0.2, 0.25) is 0 Å². The Kier molecular flexibility index (Phi) is 3.78. The van der Waals surface area contributed by atoms with Gasteiger partial charge in [-0.1, -0.05) is 18.2 Å². The molecule has 2 nitrogen and oxygen atoms in total. The summed E-state index contributed by atoms with van der Waals surface area (Å²) in [7, 11) is 0. The zero-order valence-corrected chi connectivity index (χ0v) is 9.63. The van der Waals surface area contributed by atoms with Crippen LogP contribution in [0, 0.1) is 6.92 Å². The van der Waals surface area contributed by atoms with Gasteiger partial charge in [-0.3, -0.25) is 0 Å². The maximum absolute atomic E-state index is 12.1. The number of nitrogens with one attached hydrogen (secondary N) is 1.